The summed E-state index contributed by atoms with van der Waals surface area (Å²) in [6.45, 7) is 4.61. The van der Waals surface area contributed by atoms with Crippen molar-refractivity contribution in [3.63, 3.8) is 0 Å². The van der Waals surface area contributed by atoms with E-state index in [0.717, 1.165) is 34.1 Å². The van der Waals surface area contributed by atoms with Crippen LogP contribution < -0.4 is 14.9 Å². The molecule has 0 saturated carbocycles. The minimum absolute atomic E-state index is 0.213. The van der Waals surface area contributed by atoms with Crippen LogP contribution >= 0.6 is 0 Å². The predicted molar refractivity (Wildman–Crippen MR) is 134 cm³/mol. The number of nitrogens with one attached hydrogen (secondary N) is 1. The van der Waals surface area contributed by atoms with E-state index < -0.39 is 0 Å². The fourth-order valence-electron chi connectivity index (χ4n) is 3.95. The third-order valence-electron chi connectivity index (χ3n) is 6.13. The van der Waals surface area contributed by atoms with Gasteiger partial charge in [0.25, 0.3) is 5.91 Å². The van der Waals surface area contributed by atoms with Crippen LogP contribution in [-0.4, -0.2) is 23.9 Å². The van der Waals surface area contributed by atoms with Crippen molar-refractivity contribution in [2.45, 2.75) is 26.2 Å². The first-order valence-corrected chi connectivity index (χ1v) is 11.4. The second-order valence-electron chi connectivity index (χ2n) is 8.32. The van der Waals surface area contributed by atoms with Crippen molar-refractivity contribution in [1.82, 2.24) is 10.4 Å². The molecule has 6 nitrogen and oxygen atoms in total. The van der Waals surface area contributed by atoms with E-state index in [4.69, 9.17) is 14.5 Å². The summed E-state index contributed by atoms with van der Waals surface area (Å²) in [5.74, 6) is 1.57. The summed E-state index contributed by atoms with van der Waals surface area (Å²) in [6, 6.07) is 23.4. The minimum Gasteiger partial charge on any atom is -0.454 e. The van der Waals surface area contributed by atoms with Gasteiger partial charge in [0.05, 0.1) is 23.0 Å². The summed E-state index contributed by atoms with van der Waals surface area (Å²) >= 11 is 0. The van der Waals surface area contributed by atoms with Crippen LogP contribution in [0.15, 0.2) is 77.9 Å². The number of carbonyl (C=O) groups excluding carboxylic acids is 1. The monoisotopic (exact) mass is 451 g/mol. The lowest BCUT2D eigenvalue weighted by atomic mass is 9.96. The lowest BCUT2D eigenvalue weighted by Crippen LogP contribution is -2.18. The number of para-hydroxylation sites is 1. The van der Waals surface area contributed by atoms with Crippen molar-refractivity contribution in [3.05, 3.63) is 89.5 Å². The SMILES string of the molecule is CC[C@H](C)c1ccc(-c2cc(C(=O)N/N=C\c3ccc4c(c3)OCO4)c3ccccc3n2)cc1. The van der Waals surface area contributed by atoms with Crippen LogP contribution in [0, 0.1) is 0 Å². The molecule has 0 radical (unpaired) electrons. The molecule has 2 heterocycles. The Balaban J connectivity index is 1.42. The highest BCUT2D eigenvalue weighted by atomic mass is 16.7. The number of carbonyl (C=O) groups is 1. The lowest BCUT2D eigenvalue weighted by molar-refractivity contribution is 0.0956. The zero-order chi connectivity index (χ0) is 23.5. The van der Waals surface area contributed by atoms with Gasteiger partial charge in [0.15, 0.2) is 11.5 Å². The number of fused-ring (bicyclic) bond motifs is 2. The maximum Gasteiger partial charge on any atom is 0.272 e. The van der Waals surface area contributed by atoms with Gasteiger partial charge >= 0.3 is 0 Å². The van der Waals surface area contributed by atoms with Gasteiger partial charge in [-0.25, -0.2) is 10.4 Å². The largest absolute Gasteiger partial charge is 0.454 e. The Morgan fingerprint density at radius 1 is 1.06 bits per heavy atom. The fraction of sp³-hybridized carbons (Fsp3) is 0.179. The minimum atomic E-state index is -0.298. The second kappa shape index (κ2) is 9.35. The molecule has 0 spiro atoms. The van der Waals surface area contributed by atoms with Gasteiger partial charge in [-0.1, -0.05) is 56.3 Å². The molecule has 1 atom stereocenters. The maximum atomic E-state index is 13.1. The van der Waals surface area contributed by atoms with Gasteiger partial charge < -0.3 is 9.47 Å². The van der Waals surface area contributed by atoms with Gasteiger partial charge in [-0.3, -0.25) is 4.79 Å². The van der Waals surface area contributed by atoms with E-state index in [9.17, 15) is 4.79 Å². The summed E-state index contributed by atoms with van der Waals surface area (Å²) in [4.78, 5) is 17.9. The molecule has 0 saturated heterocycles. The summed E-state index contributed by atoms with van der Waals surface area (Å²) in [6.07, 6.45) is 2.67. The number of ether oxygens (including phenoxy) is 2. The summed E-state index contributed by atoms with van der Waals surface area (Å²) < 4.78 is 10.7. The number of benzene rings is 3. The number of hydrogen-bond acceptors (Lipinski definition) is 5. The molecule has 170 valence electrons. The Morgan fingerprint density at radius 3 is 2.68 bits per heavy atom. The molecule has 34 heavy (non-hydrogen) atoms. The fourth-order valence-corrected chi connectivity index (χ4v) is 3.95. The first-order valence-electron chi connectivity index (χ1n) is 11.4. The zero-order valence-electron chi connectivity index (χ0n) is 19.1. The maximum absolute atomic E-state index is 13.1. The number of rotatable bonds is 6. The van der Waals surface area contributed by atoms with Gasteiger partial charge in [0.1, 0.15) is 0 Å². The number of hydrazone groups is 1. The molecular weight excluding hydrogens is 426 g/mol. The van der Waals surface area contributed by atoms with E-state index in [1.807, 2.05) is 48.5 Å². The summed E-state index contributed by atoms with van der Waals surface area (Å²) in [5.41, 5.74) is 7.74. The smallest absolute Gasteiger partial charge is 0.272 e. The van der Waals surface area contributed by atoms with Crippen LogP contribution in [0.25, 0.3) is 22.2 Å². The molecule has 1 aliphatic rings. The summed E-state index contributed by atoms with van der Waals surface area (Å²) in [7, 11) is 0. The van der Waals surface area contributed by atoms with Crippen LogP contribution in [0.2, 0.25) is 0 Å². The van der Waals surface area contributed by atoms with Crippen molar-refractivity contribution < 1.29 is 14.3 Å². The molecule has 4 aromatic rings. The van der Waals surface area contributed by atoms with Crippen molar-refractivity contribution >= 4 is 23.0 Å². The number of pyridine rings is 1. The molecule has 1 amide bonds. The van der Waals surface area contributed by atoms with Gasteiger partial charge in [0, 0.05) is 10.9 Å². The van der Waals surface area contributed by atoms with Crippen LogP contribution in [0.3, 0.4) is 0 Å². The Bertz CT molecular complexity index is 1380. The van der Waals surface area contributed by atoms with E-state index in [-0.39, 0.29) is 12.7 Å². The van der Waals surface area contributed by atoms with E-state index >= 15 is 0 Å². The molecular formula is C28H25N3O3. The molecule has 1 aliphatic heterocycles. The molecule has 0 fully saturated rings. The number of nitrogens with zero attached hydrogens (tertiary/aromatic N) is 2. The average Bonchev–Trinajstić information content (AvgIpc) is 3.35. The highest BCUT2D eigenvalue weighted by Gasteiger charge is 2.15. The van der Waals surface area contributed by atoms with Gasteiger partial charge in [0.2, 0.25) is 6.79 Å². The average molecular weight is 452 g/mol. The third kappa shape index (κ3) is 4.35. The van der Waals surface area contributed by atoms with Crippen LogP contribution in [-0.2, 0) is 0 Å². The normalized spacial score (nSPS) is 13.4. The predicted octanol–water partition coefficient (Wildman–Crippen LogP) is 5.91. The van der Waals surface area contributed by atoms with E-state index in [1.54, 1.807) is 6.21 Å². The molecule has 0 bridgehead atoms. The quantitative estimate of drug-likeness (QED) is 0.292. The van der Waals surface area contributed by atoms with Gasteiger partial charge in [-0.15, -0.1) is 0 Å². The van der Waals surface area contributed by atoms with Crippen LogP contribution in [0.1, 0.15) is 47.7 Å². The van der Waals surface area contributed by atoms with Crippen molar-refractivity contribution in [3.8, 4) is 22.8 Å². The lowest BCUT2D eigenvalue weighted by Gasteiger charge is -2.11. The number of aromatic nitrogens is 1. The summed E-state index contributed by atoms with van der Waals surface area (Å²) in [5, 5.41) is 4.93. The first kappa shape index (κ1) is 21.6. The molecule has 1 N–H and O–H groups in total. The van der Waals surface area contributed by atoms with Crippen molar-refractivity contribution in [2.75, 3.05) is 6.79 Å². The molecule has 0 aliphatic carbocycles. The number of amides is 1. The molecule has 1 aromatic heterocycles. The van der Waals surface area contributed by atoms with E-state index in [2.05, 4.69) is 48.6 Å². The molecule has 5 rings (SSSR count). The van der Waals surface area contributed by atoms with Crippen LogP contribution in [0.5, 0.6) is 11.5 Å². The van der Waals surface area contributed by atoms with Crippen molar-refractivity contribution in [1.29, 1.82) is 0 Å². The zero-order valence-corrected chi connectivity index (χ0v) is 19.1. The first-order chi connectivity index (χ1) is 16.6. The molecule has 3 aromatic carbocycles. The highest BCUT2D eigenvalue weighted by Crippen LogP contribution is 2.32. The standard InChI is InChI=1S/C28H25N3O3/c1-3-18(2)20-9-11-21(12-10-20)25-15-23(22-6-4-5-7-24(22)30-25)28(32)31-29-16-19-8-13-26-27(14-19)34-17-33-26/h4-16,18H,3,17H2,1-2H3,(H,31,32)/b29-16-/t18-/m0/s1. The Hall–Kier alpha value is -4.19. The second-order valence-corrected chi connectivity index (χ2v) is 8.32. The Kier molecular flexibility index (Phi) is 5.95. The van der Waals surface area contributed by atoms with Gasteiger partial charge in [-0.05, 0) is 53.8 Å². The Morgan fingerprint density at radius 2 is 1.85 bits per heavy atom. The van der Waals surface area contributed by atoms with E-state index in [0.29, 0.717) is 23.0 Å². The number of hydrogen-bond donors (Lipinski definition) is 1. The third-order valence-corrected chi connectivity index (χ3v) is 6.13. The Labute approximate surface area is 198 Å². The van der Waals surface area contributed by atoms with E-state index in [1.165, 1.54) is 5.56 Å². The molecule has 0 unspecified atom stereocenters. The van der Waals surface area contributed by atoms with Gasteiger partial charge in [-0.2, -0.15) is 5.10 Å². The van der Waals surface area contributed by atoms with Crippen molar-refractivity contribution in [2.24, 2.45) is 5.10 Å². The highest BCUT2D eigenvalue weighted by molar-refractivity contribution is 6.07. The molecule has 6 heteroatoms. The topological polar surface area (TPSA) is 72.8 Å². The van der Waals surface area contributed by atoms with Crippen LogP contribution in [0.4, 0.5) is 0 Å².